The molecule has 0 radical (unpaired) electrons. The first-order chi connectivity index (χ1) is 8.28. The van der Waals surface area contributed by atoms with Crippen molar-refractivity contribution in [1.29, 1.82) is 0 Å². The van der Waals surface area contributed by atoms with E-state index in [4.69, 9.17) is 0 Å². The molecule has 1 saturated heterocycles. The number of carbonyl (C=O) groups is 1. The molecule has 0 unspecified atom stereocenters. The lowest BCUT2D eigenvalue weighted by Crippen LogP contribution is -2.30. The van der Waals surface area contributed by atoms with Crippen molar-refractivity contribution in [2.45, 2.75) is 19.3 Å². The van der Waals surface area contributed by atoms with Gasteiger partial charge in [-0.1, -0.05) is 12.1 Å². The Hall–Kier alpha value is -1.35. The number of nitrogens with zero attached hydrogens (tertiary/aromatic N) is 1. The third kappa shape index (κ3) is 3.56. The molecule has 0 saturated carbocycles. The molecular formula is C14H20N2O. The van der Waals surface area contributed by atoms with E-state index < -0.39 is 0 Å². The molecule has 1 aliphatic rings. The summed E-state index contributed by atoms with van der Waals surface area (Å²) < 4.78 is 0. The van der Waals surface area contributed by atoms with Crippen molar-refractivity contribution < 1.29 is 4.79 Å². The number of amides is 1. The normalized spacial score (nSPS) is 17.9. The van der Waals surface area contributed by atoms with Crippen molar-refractivity contribution >= 4 is 12.1 Å². The fraction of sp³-hybridized carbons (Fsp3) is 0.500. The van der Waals surface area contributed by atoms with E-state index in [1.54, 1.807) is 0 Å². The molecule has 1 N–H and O–H groups in total. The lowest BCUT2D eigenvalue weighted by molar-refractivity contribution is -0.105. The minimum atomic E-state index is 0.714. The van der Waals surface area contributed by atoms with E-state index >= 15 is 0 Å². The summed E-state index contributed by atoms with van der Waals surface area (Å²) >= 11 is 0. The highest BCUT2D eigenvalue weighted by Gasteiger charge is 2.16. The maximum atomic E-state index is 10.3. The maximum Gasteiger partial charge on any atom is 0.211 e. The highest BCUT2D eigenvalue weighted by atomic mass is 16.1. The largest absolute Gasteiger partial charge is 0.329 e. The number of likely N-dealkylation sites (tertiary alicyclic amines) is 1. The third-order valence-corrected chi connectivity index (χ3v) is 3.54. The van der Waals surface area contributed by atoms with Crippen LogP contribution in [0.3, 0.4) is 0 Å². The number of piperidine rings is 1. The quantitative estimate of drug-likeness (QED) is 0.807. The molecule has 3 nitrogen and oxygen atoms in total. The van der Waals surface area contributed by atoms with Crippen LogP contribution >= 0.6 is 0 Å². The molecule has 1 aliphatic heterocycles. The van der Waals surface area contributed by atoms with Crippen LogP contribution in [0, 0.1) is 5.92 Å². The number of hydrogen-bond donors (Lipinski definition) is 1. The van der Waals surface area contributed by atoms with Gasteiger partial charge in [0.2, 0.25) is 6.41 Å². The molecule has 0 bridgehead atoms. The summed E-state index contributed by atoms with van der Waals surface area (Å²) in [7, 11) is 2.19. The molecule has 1 amide bonds. The predicted molar refractivity (Wildman–Crippen MR) is 70.1 cm³/mol. The smallest absolute Gasteiger partial charge is 0.211 e. The van der Waals surface area contributed by atoms with Crippen LogP contribution < -0.4 is 5.32 Å². The van der Waals surface area contributed by atoms with Crippen LogP contribution in [-0.2, 0) is 11.2 Å². The first-order valence-corrected chi connectivity index (χ1v) is 6.25. The number of anilines is 1. The number of benzene rings is 1. The Morgan fingerprint density at radius 1 is 1.29 bits per heavy atom. The Morgan fingerprint density at radius 3 is 2.53 bits per heavy atom. The van der Waals surface area contributed by atoms with Crippen LogP contribution in [-0.4, -0.2) is 31.4 Å². The van der Waals surface area contributed by atoms with Crippen LogP contribution in [0.2, 0.25) is 0 Å². The van der Waals surface area contributed by atoms with Gasteiger partial charge in [-0.2, -0.15) is 0 Å². The van der Waals surface area contributed by atoms with Gasteiger partial charge in [-0.25, -0.2) is 0 Å². The number of nitrogens with one attached hydrogen (secondary N) is 1. The zero-order valence-electron chi connectivity index (χ0n) is 10.4. The van der Waals surface area contributed by atoms with Crippen molar-refractivity contribution in [3.63, 3.8) is 0 Å². The first-order valence-electron chi connectivity index (χ1n) is 6.25. The molecule has 0 atom stereocenters. The molecule has 0 aromatic heterocycles. The van der Waals surface area contributed by atoms with E-state index in [0.717, 1.165) is 18.0 Å². The summed E-state index contributed by atoms with van der Waals surface area (Å²) in [5, 5.41) is 2.66. The molecule has 0 aliphatic carbocycles. The van der Waals surface area contributed by atoms with Crippen LogP contribution in [0.15, 0.2) is 24.3 Å². The van der Waals surface area contributed by atoms with Crippen molar-refractivity contribution in [2.75, 3.05) is 25.5 Å². The van der Waals surface area contributed by atoms with Gasteiger partial charge in [-0.15, -0.1) is 0 Å². The molecule has 1 heterocycles. The van der Waals surface area contributed by atoms with Gasteiger partial charge in [0.05, 0.1) is 0 Å². The number of rotatable bonds is 4. The van der Waals surface area contributed by atoms with E-state index in [9.17, 15) is 4.79 Å². The van der Waals surface area contributed by atoms with Gasteiger partial charge < -0.3 is 10.2 Å². The van der Waals surface area contributed by atoms with Crippen LogP contribution in [0.1, 0.15) is 18.4 Å². The molecule has 1 fully saturated rings. The second kappa shape index (κ2) is 5.82. The van der Waals surface area contributed by atoms with E-state index in [2.05, 4.69) is 29.4 Å². The minimum absolute atomic E-state index is 0.714. The zero-order chi connectivity index (χ0) is 12.1. The summed E-state index contributed by atoms with van der Waals surface area (Å²) in [6, 6.07) is 8.17. The van der Waals surface area contributed by atoms with Crippen LogP contribution in [0.25, 0.3) is 0 Å². The lowest BCUT2D eigenvalue weighted by atomic mass is 9.90. The van der Waals surface area contributed by atoms with E-state index in [1.165, 1.54) is 31.5 Å². The van der Waals surface area contributed by atoms with Gasteiger partial charge in [0.1, 0.15) is 0 Å². The van der Waals surface area contributed by atoms with Gasteiger partial charge >= 0.3 is 0 Å². The summed E-state index contributed by atoms with van der Waals surface area (Å²) in [5.74, 6) is 0.816. The summed E-state index contributed by atoms with van der Waals surface area (Å²) in [4.78, 5) is 12.7. The molecule has 2 rings (SSSR count). The fourth-order valence-electron chi connectivity index (χ4n) is 2.40. The Labute approximate surface area is 103 Å². The molecular weight excluding hydrogens is 212 g/mol. The molecule has 92 valence electrons. The predicted octanol–water partition coefficient (Wildman–Crippen LogP) is 2.14. The van der Waals surface area contributed by atoms with Crippen molar-refractivity contribution in [1.82, 2.24) is 4.90 Å². The van der Waals surface area contributed by atoms with Crippen molar-refractivity contribution in [2.24, 2.45) is 5.92 Å². The third-order valence-electron chi connectivity index (χ3n) is 3.54. The highest BCUT2D eigenvalue weighted by Crippen LogP contribution is 2.21. The van der Waals surface area contributed by atoms with E-state index in [1.807, 2.05) is 12.1 Å². The lowest BCUT2D eigenvalue weighted by Gasteiger charge is -2.28. The van der Waals surface area contributed by atoms with Gasteiger partial charge in [-0.05, 0) is 63.0 Å². The second-order valence-corrected chi connectivity index (χ2v) is 4.91. The van der Waals surface area contributed by atoms with E-state index in [-0.39, 0.29) is 0 Å². The first kappa shape index (κ1) is 12.1. The monoisotopic (exact) mass is 232 g/mol. The number of hydrogen-bond acceptors (Lipinski definition) is 2. The van der Waals surface area contributed by atoms with E-state index in [0.29, 0.717) is 6.41 Å². The zero-order valence-corrected chi connectivity index (χ0v) is 10.4. The summed E-state index contributed by atoms with van der Waals surface area (Å²) in [5.41, 5.74) is 2.24. The Kier molecular flexibility index (Phi) is 4.15. The second-order valence-electron chi connectivity index (χ2n) is 4.91. The highest BCUT2D eigenvalue weighted by molar-refractivity contribution is 5.71. The van der Waals surface area contributed by atoms with Crippen molar-refractivity contribution in [3.05, 3.63) is 29.8 Å². The fourth-order valence-corrected chi connectivity index (χ4v) is 2.40. The molecule has 0 spiro atoms. The molecule has 1 aromatic rings. The van der Waals surface area contributed by atoms with Crippen LogP contribution in [0.5, 0.6) is 0 Å². The Bertz CT molecular complexity index is 353. The Balaban J connectivity index is 1.88. The van der Waals surface area contributed by atoms with Gasteiger partial charge in [0, 0.05) is 5.69 Å². The Morgan fingerprint density at radius 2 is 1.94 bits per heavy atom. The molecule has 1 aromatic carbocycles. The molecule has 17 heavy (non-hydrogen) atoms. The molecule has 3 heteroatoms. The minimum Gasteiger partial charge on any atom is -0.329 e. The van der Waals surface area contributed by atoms with Gasteiger partial charge in [-0.3, -0.25) is 4.79 Å². The van der Waals surface area contributed by atoms with Gasteiger partial charge in [0.25, 0.3) is 0 Å². The van der Waals surface area contributed by atoms with Crippen molar-refractivity contribution in [3.8, 4) is 0 Å². The maximum absolute atomic E-state index is 10.3. The summed E-state index contributed by atoms with van der Waals surface area (Å²) in [6.07, 6.45) is 4.47. The SMILES string of the molecule is CN1CCC(Cc2ccc(NC=O)cc2)CC1. The summed E-state index contributed by atoms with van der Waals surface area (Å²) in [6.45, 7) is 2.44. The average Bonchev–Trinajstić information content (AvgIpc) is 2.35. The number of carbonyl (C=O) groups excluding carboxylic acids is 1. The standard InChI is InChI=1S/C14H20N2O/c1-16-8-6-13(7-9-16)10-12-2-4-14(5-3-12)15-11-17/h2-5,11,13H,6-10H2,1H3,(H,15,17). The van der Waals surface area contributed by atoms with Crippen LogP contribution in [0.4, 0.5) is 5.69 Å². The van der Waals surface area contributed by atoms with Gasteiger partial charge in [0.15, 0.2) is 0 Å². The topological polar surface area (TPSA) is 32.3 Å². The average molecular weight is 232 g/mol.